The van der Waals surface area contributed by atoms with Crippen LogP contribution in [0.15, 0.2) is 29.1 Å². The number of fused-ring (bicyclic) bond motifs is 1. The lowest BCUT2D eigenvalue weighted by atomic mass is 10.00. The summed E-state index contributed by atoms with van der Waals surface area (Å²) in [5, 5.41) is 9.53. The zero-order valence-corrected chi connectivity index (χ0v) is 12.2. The van der Waals surface area contributed by atoms with Gasteiger partial charge >= 0.3 is 12.1 Å². The van der Waals surface area contributed by atoms with Gasteiger partial charge in [-0.3, -0.25) is 4.79 Å². The second-order valence-electron chi connectivity index (χ2n) is 5.68. The Morgan fingerprint density at radius 2 is 1.77 bits per heavy atom. The molecule has 1 amide bonds. The van der Waals surface area contributed by atoms with Crippen molar-refractivity contribution in [3.05, 3.63) is 34.6 Å². The molecule has 0 spiro atoms. The Labute approximate surface area is 126 Å². The first-order chi connectivity index (χ1) is 10.5. The molecule has 0 radical (unpaired) electrons. The Morgan fingerprint density at radius 3 is 2.41 bits per heavy atom. The second-order valence-corrected chi connectivity index (χ2v) is 5.68. The number of piperidine rings is 1. The number of benzene rings is 1. The monoisotopic (exact) mass is 303 g/mol. The topological polar surface area (TPSA) is 84.5 Å². The summed E-state index contributed by atoms with van der Waals surface area (Å²) < 4.78 is 1.46. The van der Waals surface area contributed by atoms with Crippen LogP contribution in [0.1, 0.15) is 19.8 Å². The quantitative estimate of drug-likeness (QED) is 0.807. The number of carbonyl (C=O) groups excluding carboxylic acids is 1. The molecule has 1 aliphatic heterocycles. The Balaban J connectivity index is 2.13. The molecule has 0 bridgehead atoms. The SMILES string of the molecule is CC1CCN(C(=O)n2c3ccccc3c(=O)n2C(=O)O)CC1. The van der Waals surface area contributed by atoms with Crippen LogP contribution in [-0.2, 0) is 0 Å². The van der Waals surface area contributed by atoms with E-state index in [0.29, 0.717) is 29.2 Å². The Bertz CT molecular complexity index is 797. The lowest BCUT2D eigenvalue weighted by molar-refractivity contribution is 0.162. The molecule has 1 aromatic heterocycles. The van der Waals surface area contributed by atoms with E-state index in [0.717, 1.165) is 17.5 Å². The van der Waals surface area contributed by atoms with Crippen LogP contribution >= 0.6 is 0 Å². The van der Waals surface area contributed by atoms with E-state index in [9.17, 15) is 19.5 Å². The van der Waals surface area contributed by atoms with E-state index in [-0.39, 0.29) is 5.39 Å². The number of rotatable bonds is 0. The number of amides is 1. The number of hydrogen-bond donors (Lipinski definition) is 1. The molecule has 0 atom stereocenters. The van der Waals surface area contributed by atoms with E-state index >= 15 is 0 Å². The van der Waals surface area contributed by atoms with E-state index < -0.39 is 17.7 Å². The van der Waals surface area contributed by atoms with Crippen LogP contribution in [0.2, 0.25) is 0 Å². The van der Waals surface area contributed by atoms with Gasteiger partial charge in [0.15, 0.2) is 0 Å². The van der Waals surface area contributed by atoms with Gasteiger partial charge in [0.25, 0.3) is 5.56 Å². The molecule has 0 aliphatic carbocycles. The normalized spacial score (nSPS) is 16.1. The summed E-state index contributed by atoms with van der Waals surface area (Å²) in [6.07, 6.45) is 0.296. The Morgan fingerprint density at radius 1 is 1.14 bits per heavy atom. The molecular weight excluding hydrogens is 286 g/mol. The zero-order chi connectivity index (χ0) is 15.9. The van der Waals surface area contributed by atoms with Gasteiger partial charge < -0.3 is 10.0 Å². The molecule has 1 fully saturated rings. The number of hydrogen-bond acceptors (Lipinski definition) is 3. The summed E-state index contributed by atoms with van der Waals surface area (Å²) in [4.78, 5) is 38.0. The third-order valence-electron chi connectivity index (χ3n) is 4.17. The highest BCUT2D eigenvalue weighted by atomic mass is 16.4. The maximum absolute atomic E-state index is 12.7. The summed E-state index contributed by atoms with van der Waals surface area (Å²) in [7, 11) is 0. The van der Waals surface area contributed by atoms with E-state index in [1.165, 1.54) is 6.07 Å². The average Bonchev–Trinajstić information content (AvgIpc) is 2.81. The molecule has 7 heteroatoms. The van der Waals surface area contributed by atoms with Crippen molar-refractivity contribution >= 4 is 23.0 Å². The van der Waals surface area contributed by atoms with Crippen LogP contribution in [0, 0.1) is 5.92 Å². The lowest BCUT2D eigenvalue weighted by Gasteiger charge is -2.30. The molecule has 0 unspecified atom stereocenters. The average molecular weight is 303 g/mol. The molecule has 3 rings (SSSR count). The summed E-state index contributed by atoms with van der Waals surface area (Å²) in [6, 6.07) is 5.97. The van der Waals surface area contributed by atoms with Gasteiger partial charge in [0.2, 0.25) is 0 Å². The van der Waals surface area contributed by atoms with Crippen LogP contribution in [-0.4, -0.2) is 44.6 Å². The highest BCUT2D eigenvalue weighted by molar-refractivity contribution is 5.93. The molecule has 116 valence electrons. The number of likely N-dealkylation sites (tertiary alicyclic amines) is 1. The Hall–Kier alpha value is -2.57. The summed E-state index contributed by atoms with van der Waals surface area (Å²) in [5.41, 5.74) is -0.375. The fourth-order valence-electron chi connectivity index (χ4n) is 2.85. The van der Waals surface area contributed by atoms with Crippen LogP contribution in [0.5, 0.6) is 0 Å². The van der Waals surface area contributed by atoms with Crippen molar-refractivity contribution < 1.29 is 14.7 Å². The standard InChI is InChI=1S/C15H17N3O4/c1-10-6-8-16(9-7-10)14(20)17-12-5-3-2-4-11(12)13(19)18(17)15(21)22/h2-5,10H,6-9H2,1H3,(H,21,22). The summed E-state index contributed by atoms with van der Waals surface area (Å²) in [5.74, 6) is 0.548. The predicted molar refractivity (Wildman–Crippen MR) is 80.4 cm³/mol. The molecule has 2 heterocycles. The molecular formula is C15H17N3O4. The van der Waals surface area contributed by atoms with Gasteiger partial charge in [0.05, 0.1) is 10.9 Å². The van der Waals surface area contributed by atoms with Crippen molar-refractivity contribution in [2.24, 2.45) is 5.92 Å². The van der Waals surface area contributed by atoms with Crippen LogP contribution < -0.4 is 5.56 Å². The minimum Gasteiger partial charge on any atom is -0.463 e. The summed E-state index contributed by atoms with van der Waals surface area (Å²) in [6.45, 7) is 3.26. The highest BCUT2D eigenvalue weighted by Crippen LogP contribution is 2.19. The van der Waals surface area contributed by atoms with Gasteiger partial charge in [-0.25, -0.2) is 9.59 Å². The fourth-order valence-corrected chi connectivity index (χ4v) is 2.85. The number of carbonyl (C=O) groups is 2. The predicted octanol–water partition coefficient (Wildman–Crippen LogP) is 2.03. The van der Waals surface area contributed by atoms with Crippen molar-refractivity contribution in [2.75, 3.05) is 13.1 Å². The minimum absolute atomic E-state index is 0.226. The fraction of sp³-hybridized carbons (Fsp3) is 0.400. The molecule has 22 heavy (non-hydrogen) atoms. The number of aromatic nitrogens is 2. The zero-order valence-electron chi connectivity index (χ0n) is 12.2. The van der Waals surface area contributed by atoms with Crippen LogP contribution in [0.3, 0.4) is 0 Å². The molecule has 0 saturated carbocycles. The third-order valence-corrected chi connectivity index (χ3v) is 4.17. The van der Waals surface area contributed by atoms with Gasteiger partial charge in [-0.1, -0.05) is 19.1 Å². The molecule has 1 N–H and O–H groups in total. The number of carboxylic acid groups (broad SMARTS) is 1. The Kier molecular flexibility index (Phi) is 3.48. The van der Waals surface area contributed by atoms with Crippen molar-refractivity contribution in [3.63, 3.8) is 0 Å². The van der Waals surface area contributed by atoms with Gasteiger partial charge in [0, 0.05) is 13.1 Å². The van der Waals surface area contributed by atoms with E-state index in [2.05, 4.69) is 6.92 Å². The van der Waals surface area contributed by atoms with Crippen molar-refractivity contribution in [1.29, 1.82) is 0 Å². The number of nitrogens with zero attached hydrogens (tertiary/aromatic N) is 3. The smallest absolute Gasteiger partial charge is 0.434 e. The van der Waals surface area contributed by atoms with Gasteiger partial charge in [0.1, 0.15) is 0 Å². The highest BCUT2D eigenvalue weighted by Gasteiger charge is 2.27. The maximum atomic E-state index is 12.7. The third kappa shape index (κ3) is 2.18. The molecule has 1 saturated heterocycles. The first-order valence-electron chi connectivity index (χ1n) is 7.26. The lowest BCUT2D eigenvalue weighted by Crippen LogP contribution is -2.44. The van der Waals surface area contributed by atoms with Crippen molar-refractivity contribution in [3.8, 4) is 0 Å². The van der Waals surface area contributed by atoms with Gasteiger partial charge in [-0.15, -0.1) is 4.68 Å². The first kappa shape index (κ1) is 14.4. The number of para-hydroxylation sites is 1. The van der Waals surface area contributed by atoms with Crippen LogP contribution in [0.4, 0.5) is 9.59 Å². The molecule has 2 aromatic rings. The van der Waals surface area contributed by atoms with Crippen molar-refractivity contribution in [2.45, 2.75) is 19.8 Å². The maximum Gasteiger partial charge on any atom is 0.434 e. The minimum atomic E-state index is -1.46. The molecule has 1 aliphatic rings. The van der Waals surface area contributed by atoms with E-state index in [4.69, 9.17) is 0 Å². The summed E-state index contributed by atoms with van der Waals surface area (Å²) >= 11 is 0. The van der Waals surface area contributed by atoms with E-state index in [1.807, 2.05) is 0 Å². The van der Waals surface area contributed by atoms with Crippen molar-refractivity contribution in [1.82, 2.24) is 14.3 Å². The van der Waals surface area contributed by atoms with Gasteiger partial charge in [-0.05, 0) is 30.9 Å². The van der Waals surface area contributed by atoms with Gasteiger partial charge in [-0.2, -0.15) is 4.68 Å². The van der Waals surface area contributed by atoms with E-state index in [1.54, 1.807) is 23.1 Å². The molecule has 1 aromatic carbocycles. The largest absolute Gasteiger partial charge is 0.463 e. The van der Waals surface area contributed by atoms with Crippen LogP contribution in [0.25, 0.3) is 10.9 Å². The first-order valence-corrected chi connectivity index (χ1v) is 7.26. The second kappa shape index (κ2) is 5.32. The molecule has 7 nitrogen and oxygen atoms in total.